The van der Waals surface area contributed by atoms with Crippen LogP contribution in [-0.4, -0.2) is 14.4 Å². The first kappa shape index (κ1) is 29.6. The van der Waals surface area contributed by atoms with E-state index in [4.69, 9.17) is 0 Å². The normalized spacial score (nSPS) is 14.5. The molecule has 5 heteroatoms. The average molecular weight is 728 g/mol. The maximum absolute atomic E-state index is 12.1. The monoisotopic (exact) mass is 728 g/mol. The summed E-state index contributed by atoms with van der Waals surface area (Å²) in [6.45, 7) is 11.0. The summed E-state index contributed by atoms with van der Waals surface area (Å²) in [5, 5.41) is 2.11. The molecular weight excluding hydrogens is 695 g/mol. The van der Waals surface area contributed by atoms with Crippen molar-refractivity contribution < 1.29 is 20.1 Å². The van der Waals surface area contributed by atoms with Gasteiger partial charge in [-0.1, -0.05) is 75.0 Å². The van der Waals surface area contributed by atoms with Gasteiger partial charge >= 0.3 is 0 Å². The minimum atomic E-state index is -0.154. The van der Waals surface area contributed by atoms with Crippen LogP contribution in [0.25, 0.3) is 38.8 Å². The van der Waals surface area contributed by atoms with Gasteiger partial charge in [0, 0.05) is 49.2 Å². The topological polar surface area (TPSA) is 47.3 Å². The van der Waals surface area contributed by atoms with Gasteiger partial charge in [-0.25, -0.2) is 4.98 Å². The summed E-state index contributed by atoms with van der Waals surface area (Å²) < 4.78 is 2.14. The van der Waals surface area contributed by atoms with Crippen LogP contribution in [0.15, 0.2) is 102 Å². The van der Waals surface area contributed by atoms with Crippen molar-refractivity contribution in [1.29, 1.82) is 0 Å². The molecule has 0 spiro atoms. The fourth-order valence-electron chi connectivity index (χ4n) is 6.54. The SMILES string of the molecule is Cc1cn2c3c(c4ccc[c-]c4c2nc1=O)C(C)(C)CC3(C)C.[Ir].[c-]1ccccc1-c1cc(-c2ccccc2)ccn1. The molecule has 1 aliphatic rings. The molecule has 0 bridgehead atoms. The van der Waals surface area contributed by atoms with E-state index in [1.54, 1.807) is 0 Å². The smallest absolute Gasteiger partial charge is 0.266 e. The van der Waals surface area contributed by atoms with E-state index < -0.39 is 0 Å². The molecule has 0 saturated carbocycles. The zero-order valence-corrected chi connectivity index (χ0v) is 26.9. The van der Waals surface area contributed by atoms with Gasteiger partial charge in [-0.15, -0.1) is 65.5 Å². The summed E-state index contributed by atoms with van der Waals surface area (Å²) in [5.74, 6) is 0. The van der Waals surface area contributed by atoms with E-state index >= 15 is 0 Å². The average Bonchev–Trinajstić information content (AvgIpc) is 3.19. The fourth-order valence-corrected chi connectivity index (χ4v) is 6.54. The molecule has 0 fully saturated rings. The molecule has 0 unspecified atom stereocenters. The van der Waals surface area contributed by atoms with Crippen LogP contribution in [-0.2, 0) is 30.9 Å². The van der Waals surface area contributed by atoms with Crippen LogP contribution < -0.4 is 5.56 Å². The Morgan fingerprint density at radius 2 is 1.57 bits per heavy atom. The van der Waals surface area contributed by atoms with Gasteiger partial charge in [0.15, 0.2) is 0 Å². The third-order valence-electron chi connectivity index (χ3n) is 7.98. The van der Waals surface area contributed by atoms with Gasteiger partial charge in [-0.2, -0.15) is 0 Å². The van der Waals surface area contributed by atoms with Crippen LogP contribution in [0.1, 0.15) is 50.9 Å². The second kappa shape index (κ2) is 11.4. The number of nitrogens with zero attached hydrogens (tertiary/aromatic N) is 3. The van der Waals surface area contributed by atoms with E-state index in [0.717, 1.165) is 28.7 Å². The molecule has 7 rings (SSSR count). The molecule has 0 N–H and O–H groups in total. The number of hydrogen-bond donors (Lipinski definition) is 0. The Labute approximate surface area is 260 Å². The van der Waals surface area contributed by atoms with E-state index in [9.17, 15) is 4.79 Å². The van der Waals surface area contributed by atoms with Crippen molar-refractivity contribution in [1.82, 2.24) is 14.4 Å². The molecule has 3 aromatic heterocycles. The second-order valence-electron chi connectivity index (χ2n) is 12.1. The van der Waals surface area contributed by atoms with Crippen LogP contribution in [0.2, 0.25) is 0 Å². The molecule has 6 aromatic rings. The van der Waals surface area contributed by atoms with E-state index in [1.807, 2.05) is 80.0 Å². The van der Waals surface area contributed by atoms with E-state index in [-0.39, 0.29) is 36.5 Å². The number of fused-ring (bicyclic) bond motifs is 6. The Kier molecular flexibility index (Phi) is 8.02. The first-order valence-corrected chi connectivity index (χ1v) is 14.0. The minimum Gasteiger partial charge on any atom is -0.344 e. The molecule has 213 valence electrons. The number of hydrogen-bond acceptors (Lipinski definition) is 3. The molecule has 0 saturated heterocycles. The van der Waals surface area contributed by atoms with Crippen molar-refractivity contribution in [2.24, 2.45) is 0 Å². The summed E-state index contributed by atoms with van der Waals surface area (Å²) >= 11 is 0. The molecule has 0 aliphatic heterocycles. The van der Waals surface area contributed by atoms with Gasteiger partial charge in [0.25, 0.3) is 5.56 Å². The summed E-state index contributed by atoms with van der Waals surface area (Å²) in [6.07, 6.45) is 4.87. The van der Waals surface area contributed by atoms with E-state index in [0.29, 0.717) is 5.56 Å². The van der Waals surface area contributed by atoms with Crippen LogP contribution >= 0.6 is 0 Å². The van der Waals surface area contributed by atoms with Gasteiger partial charge < -0.3 is 9.38 Å². The minimum absolute atomic E-state index is 0. The van der Waals surface area contributed by atoms with Crippen LogP contribution in [0, 0.1) is 19.1 Å². The number of aromatic nitrogens is 3. The maximum atomic E-state index is 12.1. The predicted octanol–water partition coefficient (Wildman–Crippen LogP) is 8.13. The maximum Gasteiger partial charge on any atom is 0.266 e. The fraction of sp³-hybridized carbons (Fsp3) is 0.216. The number of benzene rings is 3. The molecular formula is C37H33IrN3O-2. The molecule has 1 radical (unpaired) electrons. The predicted molar refractivity (Wildman–Crippen MR) is 167 cm³/mol. The van der Waals surface area contributed by atoms with Gasteiger partial charge in [-0.05, 0) is 41.6 Å². The second-order valence-corrected chi connectivity index (χ2v) is 12.1. The summed E-state index contributed by atoms with van der Waals surface area (Å²) in [5.41, 5.74) is 8.37. The quantitative estimate of drug-likeness (QED) is 0.134. The Bertz CT molecular complexity index is 1890. The first-order chi connectivity index (χ1) is 19.7. The first-order valence-electron chi connectivity index (χ1n) is 14.0. The van der Waals surface area contributed by atoms with Gasteiger partial charge in [0.1, 0.15) is 0 Å². The molecule has 3 aromatic carbocycles. The van der Waals surface area contributed by atoms with Crippen LogP contribution in [0.3, 0.4) is 0 Å². The van der Waals surface area contributed by atoms with Crippen molar-refractivity contribution >= 4 is 16.4 Å². The Morgan fingerprint density at radius 1 is 0.833 bits per heavy atom. The zero-order valence-electron chi connectivity index (χ0n) is 24.5. The van der Waals surface area contributed by atoms with Crippen LogP contribution in [0.5, 0.6) is 0 Å². The van der Waals surface area contributed by atoms with Crippen molar-refractivity contribution in [3.63, 3.8) is 0 Å². The summed E-state index contributed by atoms with van der Waals surface area (Å²) in [4.78, 5) is 20.9. The summed E-state index contributed by atoms with van der Waals surface area (Å²) in [7, 11) is 0. The molecule has 42 heavy (non-hydrogen) atoms. The van der Waals surface area contributed by atoms with Crippen molar-refractivity contribution in [2.45, 2.75) is 51.9 Å². The molecule has 1 aliphatic carbocycles. The van der Waals surface area contributed by atoms with Gasteiger partial charge in [0.05, 0.1) is 5.65 Å². The van der Waals surface area contributed by atoms with Crippen molar-refractivity contribution in [3.8, 4) is 22.4 Å². The number of aryl methyl sites for hydroxylation is 1. The van der Waals surface area contributed by atoms with Gasteiger partial charge in [-0.3, -0.25) is 4.79 Å². The molecule has 0 atom stereocenters. The van der Waals surface area contributed by atoms with Crippen molar-refractivity contribution in [2.75, 3.05) is 0 Å². The number of rotatable bonds is 2. The van der Waals surface area contributed by atoms with Crippen molar-refractivity contribution in [3.05, 3.63) is 137 Å². The zero-order chi connectivity index (χ0) is 28.8. The number of pyridine rings is 2. The Hall–Kier alpha value is -3.92. The van der Waals surface area contributed by atoms with E-state index in [1.165, 1.54) is 27.8 Å². The largest absolute Gasteiger partial charge is 0.344 e. The standard InChI is InChI=1S/C20H21N2O.C17H12N.Ir/c1-12-10-22-16-15(19(2,3)11-20(16,4)5)13-8-6-7-9-14(13)17(22)21-18(12)23;1-3-7-14(8-4-1)16-11-12-18-17(13-16)15-9-5-2-6-10-15;/h6-8,10H,11H2,1-5H3;1-9,11-13H;/q2*-1;. The Balaban J connectivity index is 0.000000169. The van der Waals surface area contributed by atoms with E-state index in [2.05, 4.69) is 78.5 Å². The third-order valence-corrected chi connectivity index (χ3v) is 7.98. The Morgan fingerprint density at radius 3 is 2.31 bits per heavy atom. The molecule has 0 amide bonds. The van der Waals surface area contributed by atoms with Crippen LogP contribution in [0.4, 0.5) is 0 Å². The molecule has 3 heterocycles. The third kappa shape index (κ3) is 5.35. The summed E-state index contributed by atoms with van der Waals surface area (Å²) in [6, 6.07) is 34.9. The molecule has 4 nitrogen and oxygen atoms in total. The van der Waals surface area contributed by atoms with Gasteiger partial charge in [0.2, 0.25) is 0 Å².